The molecule has 2 heterocycles. The van der Waals surface area contributed by atoms with E-state index in [1.807, 2.05) is 6.07 Å². The monoisotopic (exact) mass is 378 g/mol. The standard InChI is InChI=1S/C20H30N2O3S/c1-2-26(23,24)19-10-9-18-17(6-4-12-25-18)20(19)21-13-16-5-3-11-22(16)14-15-7-8-15/h9-10,15-16,21H,2-8,11-14H2,1H3. The molecule has 5 nitrogen and oxygen atoms in total. The van der Waals surface area contributed by atoms with Crippen LogP contribution >= 0.6 is 0 Å². The number of benzene rings is 1. The van der Waals surface area contributed by atoms with Crippen LogP contribution in [0.5, 0.6) is 5.75 Å². The molecular formula is C20H30N2O3S. The molecule has 1 aromatic rings. The van der Waals surface area contributed by atoms with Gasteiger partial charge in [0.15, 0.2) is 9.84 Å². The van der Waals surface area contributed by atoms with Crippen molar-refractivity contribution in [3.63, 3.8) is 0 Å². The van der Waals surface area contributed by atoms with Gasteiger partial charge >= 0.3 is 0 Å². The van der Waals surface area contributed by atoms with Gasteiger partial charge in [-0.2, -0.15) is 0 Å². The third kappa shape index (κ3) is 3.72. The van der Waals surface area contributed by atoms with Crippen LogP contribution < -0.4 is 10.1 Å². The highest BCUT2D eigenvalue weighted by atomic mass is 32.2. The molecule has 26 heavy (non-hydrogen) atoms. The van der Waals surface area contributed by atoms with E-state index < -0.39 is 9.84 Å². The lowest BCUT2D eigenvalue weighted by Crippen LogP contribution is -2.36. The topological polar surface area (TPSA) is 58.6 Å². The molecule has 2 aliphatic heterocycles. The number of nitrogens with zero attached hydrogens (tertiary/aromatic N) is 1. The van der Waals surface area contributed by atoms with Crippen LogP contribution in [-0.4, -0.2) is 51.4 Å². The Morgan fingerprint density at radius 1 is 1.23 bits per heavy atom. The highest BCUT2D eigenvalue weighted by molar-refractivity contribution is 7.91. The molecule has 0 bridgehead atoms. The predicted octanol–water partition coefficient (Wildman–Crippen LogP) is 3.09. The Labute approximate surface area is 157 Å². The van der Waals surface area contributed by atoms with Gasteiger partial charge in [0.05, 0.1) is 22.9 Å². The Bertz CT molecular complexity index is 759. The van der Waals surface area contributed by atoms with Gasteiger partial charge in [0.1, 0.15) is 5.75 Å². The third-order valence-electron chi connectivity index (χ3n) is 5.98. The molecule has 1 aromatic carbocycles. The van der Waals surface area contributed by atoms with E-state index in [2.05, 4.69) is 10.2 Å². The fourth-order valence-electron chi connectivity index (χ4n) is 4.25. The van der Waals surface area contributed by atoms with Gasteiger partial charge in [-0.25, -0.2) is 8.42 Å². The van der Waals surface area contributed by atoms with Gasteiger partial charge < -0.3 is 10.1 Å². The van der Waals surface area contributed by atoms with Crippen molar-refractivity contribution in [3.05, 3.63) is 17.7 Å². The molecule has 1 unspecified atom stereocenters. The zero-order chi connectivity index (χ0) is 18.1. The van der Waals surface area contributed by atoms with E-state index in [0.717, 1.165) is 42.3 Å². The van der Waals surface area contributed by atoms with Crippen LogP contribution in [0.4, 0.5) is 5.69 Å². The molecular weight excluding hydrogens is 348 g/mol. The number of hydrogen-bond acceptors (Lipinski definition) is 5. The highest BCUT2D eigenvalue weighted by Gasteiger charge is 2.31. The number of fused-ring (bicyclic) bond motifs is 1. The Morgan fingerprint density at radius 2 is 2.08 bits per heavy atom. The van der Waals surface area contributed by atoms with Crippen LogP contribution in [0.15, 0.2) is 17.0 Å². The summed E-state index contributed by atoms with van der Waals surface area (Å²) < 4.78 is 31.0. The normalized spacial score (nSPS) is 23.5. The van der Waals surface area contributed by atoms with Crippen molar-refractivity contribution < 1.29 is 13.2 Å². The number of ether oxygens (including phenoxy) is 1. The van der Waals surface area contributed by atoms with Crippen molar-refractivity contribution in [2.45, 2.75) is 56.4 Å². The van der Waals surface area contributed by atoms with Crippen LogP contribution in [0.25, 0.3) is 0 Å². The average molecular weight is 379 g/mol. The minimum atomic E-state index is -3.26. The maximum atomic E-state index is 12.6. The molecule has 0 aromatic heterocycles. The minimum absolute atomic E-state index is 0.124. The van der Waals surface area contributed by atoms with Crippen molar-refractivity contribution in [1.29, 1.82) is 0 Å². The molecule has 1 saturated carbocycles. The lowest BCUT2D eigenvalue weighted by atomic mass is 10.0. The average Bonchev–Trinajstić information content (AvgIpc) is 3.36. The summed E-state index contributed by atoms with van der Waals surface area (Å²) in [6, 6.07) is 4.06. The first kappa shape index (κ1) is 18.1. The molecule has 144 valence electrons. The number of nitrogens with one attached hydrogen (secondary N) is 1. The van der Waals surface area contributed by atoms with Gasteiger partial charge in [0.2, 0.25) is 0 Å². The first-order chi connectivity index (χ1) is 12.6. The Hall–Kier alpha value is -1.27. The van der Waals surface area contributed by atoms with E-state index in [0.29, 0.717) is 17.5 Å². The largest absolute Gasteiger partial charge is 0.493 e. The van der Waals surface area contributed by atoms with E-state index in [-0.39, 0.29) is 5.75 Å². The molecule has 3 aliphatic rings. The van der Waals surface area contributed by atoms with E-state index >= 15 is 0 Å². The summed E-state index contributed by atoms with van der Waals surface area (Å²) in [7, 11) is -3.26. The number of sulfone groups is 1. The summed E-state index contributed by atoms with van der Waals surface area (Å²) in [5.74, 6) is 1.86. The lowest BCUT2D eigenvalue weighted by Gasteiger charge is -2.28. The van der Waals surface area contributed by atoms with E-state index in [9.17, 15) is 8.42 Å². The van der Waals surface area contributed by atoms with E-state index in [1.165, 1.54) is 38.8 Å². The predicted molar refractivity (Wildman–Crippen MR) is 104 cm³/mol. The van der Waals surface area contributed by atoms with Gasteiger partial charge in [0.25, 0.3) is 0 Å². The number of rotatable bonds is 7. The second kappa shape index (κ2) is 7.39. The summed E-state index contributed by atoms with van der Waals surface area (Å²) in [6.07, 6.45) is 7.00. The SMILES string of the molecule is CCS(=O)(=O)c1ccc2c(c1NCC1CCCN1CC1CC1)CCCO2. The summed E-state index contributed by atoms with van der Waals surface area (Å²) >= 11 is 0. The van der Waals surface area contributed by atoms with Gasteiger partial charge in [-0.15, -0.1) is 0 Å². The third-order valence-corrected chi connectivity index (χ3v) is 7.75. The highest BCUT2D eigenvalue weighted by Crippen LogP contribution is 2.37. The Kier molecular flexibility index (Phi) is 5.15. The van der Waals surface area contributed by atoms with Crippen molar-refractivity contribution in [2.24, 2.45) is 5.92 Å². The molecule has 0 radical (unpaired) electrons. The lowest BCUT2D eigenvalue weighted by molar-refractivity contribution is 0.252. The summed E-state index contributed by atoms with van der Waals surface area (Å²) in [5.41, 5.74) is 1.83. The number of anilines is 1. The first-order valence-corrected chi connectivity index (χ1v) is 11.7. The molecule has 0 amide bonds. The zero-order valence-electron chi connectivity index (χ0n) is 15.7. The Morgan fingerprint density at radius 3 is 2.85 bits per heavy atom. The van der Waals surface area contributed by atoms with Crippen LogP contribution in [0, 0.1) is 5.92 Å². The van der Waals surface area contributed by atoms with Crippen LogP contribution in [-0.2, 0) is 16.3 Å². The van der Waals surface area contributed by atoms with Crippen molar-refractivity contribution in [1.82, 2.24) is 4.90 Å². The molecule has 1 saturated heterocycles. The molecule has 6 heteroatoms. The zero-order valence-corrected chi connectivity index (χ0v) is 16.5. The Balaban J connectivity index is 1.57. The maximum absolute atomic E-state index is 12.6. The minimum Gasteiger partial charge on any atom is -0.493 e. The van der Waals surface area contributed by atoms with Crippen LogP contribution in [0.2, 0.25) is 0 Å². The van der Waals surface area contributed by atoms with Crippen LogP contribution in [0.3, 0.4) is 0 Å². The van der Waals surface area contributed by atoms with Gasteiger partial charge in [0, 0.05) is 24.7 Å². The molecule has 4 rings (SSSR count). The van der Waals surface area contributed by atoms with Gasteiger partial charge in [-0.05, 0) is 63.1 Å². The smallest absolute Gasteiger partial charge is 0.180 e. The number of hydrogen-bond donors (Lipinski definition) is 1. The van der Waals surface area contributed by atoms with E-state index in [1.54, 1.807) is 13.0 Å². The first-order valence-electron chi connectivity index (χ1n) is 10.1. The number of likely N-dealkylation sites (tertiary alicyclic amines) is 1. The molecule has 1 atom stereocenters. The second-order valence-electron chi connectivity index (χ2n) is 7.89. The van der Waals surface area contributed by atoms with Crippen molar-refractivity contribution in [2.75, 3.05) is 37.3 Å². The van der Waals surface area contributed by atoms with Gasteiger partial charge in [-0.1, -0.05) is 6.92 Å². The fraction of sp³-hybridized carbons (Fsp3) is 0.700. The molecule has 0 spiro atoms. The summed E-state index contributed by atoms with van der Waals surface area (Å²) in [6.45, 7) is 5.63. The van der Waals surface area contributed by atoms with Crippen molar-refractivity contribution >= 4 is 15.5 Å². The second-order valence-corrected chi connectivity index (χ2v) is 10.1. The summed E-state index contributed by atoms with van der Waals surface area (Å²) in [5, 5.41) is 3.55. The van der Waals surface area contributed by atoms with E-state index in [4.69, 9.17) is 4.74 Å². The molecule has 1 N–H and O–H groups in total. The molecule has 1 aliphatic carbocycles. The molecule has 2 fully saturated rings. The van der Waals surface area contributed by atoms with Crippen LogP contribution in [0.1, 0.15) is 44.6 Å². The maximum Gasteiger partial charge on any atom is 0.180 e. The van der Waals surface area contributed by atoms with Crippen molar-refractivity contribution in [3.8, 4) is 5.75 Å². The summed E-state index contributed by atoms with van der Waals surface area (Å²) in [4.78, 5) is 3.04. The quantitative estimate of drug-likeness (QED) is 0.790. The van der Waals surface area contributed by atoms with Gasteiger partial charge in [-0.3, -0.25) is 4.90 Å². The fourth-order valence-corrected chi connectivity index (χ4v) is 5.34.